The Balaban J connectivity index is 1.74. The topological polar surface area (TPSA) is 117 Å². The maximum Gasteiger partial charge on any atom is 0.272 e. The maximum atomic E-state index is 12.6. The van der Waals surface area contributed by atoms with E-state index in [9.17, 15) is 9.59 Å². The summed E-state index contributed by atoms with van der Waals surface area (Å²) in [6, 6.07) is 5.35. The van der Waals surface area contributed by atoms with Gasteiger partial charge < -0.3 is 26.0 Å². The van der Waals surface area contributed by atoms with Gasteiger partial charge in [-0.25, -0.2) is 9.97 Å². The minimum Gasteiger partial charge on any atom is -0.482 e. The molecule has 9 nitrogen and oxygen atoms in total. The van der Waals surface area contributed by atoms with Crippen LogP contribution >= 0.6 is 0 Å². The molecule has 3 rings (SSSR count). The molecule has 2 heterocycles. The molecule has 0 saturated heterocycles. The second kappa shape index (κ2) is 8.28. The van der Waals surface area contributed by atoms with Gasteiger partial charge in [0.2, 0.25) is 0 Å². The quantitative estimate of drug-likeness (QED) is 0.576. The van der Waals surface area contributed by atoms with Crippen molar-refractivity contribution >= 4 is 23.2 Å². The van der Waals surface area contributed by atoms with Crippen LogP contribution in [-0.2, 0) is 17.9 Å². The summed E-state index contributed by atoms with van der Waals surface area (Å²) in [5.41, 5.74) is 2.79. The van der Waals surface area contributed by atoms with Crippen molar-refractivity contribution in [1.29, 1.82) is 0 Å². The molecule has 1 aromatic heterocycles. The number of hydrogen-bond acceptors (Lipinski definition) is 7. The number of hydrogen-bond donors (Lipinski definition) is 4. The lowest BCUT2D eigenvalue weighted by Crippen LogP contribution is -2.27. The summed E-state index contributed by atoms with van der Waals surface area (Å²) in [5.74, 6) is 0.0497. The average molecular weight is 368 g/mol. The van der Waals surface area contributed by atoms with Crippen molar-refractivity contribution < 1.29 is 14.3 Å². The summed E-state index contributed by atoms with van der Waals surface area (Å²) in [7, 11) is 1.79. The molecular formula is C18H20N6O3. The number of fused-ring (bicyclic) bond motifs is 1. The lowest BCUT2D eigenvalue weighted by molar-refractivity contribution is -0.118. The van der Waals surface area contributed by atoms with E-state index in [4.69, 9.17) is 4.74 Å². The Morgan fingerprint density at radius 3 is 3.00 bits per heavy atom. The standard InChI is InChI=1S/C18H20N6O3/c1-3-20-16-13(8-19-2)22-10-23-17(16)18(26)21-7-11-4-5-14-12(6-11)24-15(25)9-27-14/h3-6,10,19-20H,1,7-9H2,2H3,(H,21,26)(H,24,25). The van der Waals surface area contributed by atoms with E-state index in [0.29, 0.717) is 29.4 Å². The number of aromatic nitrogens is 2. The zero-order valence-corrected chi connectivity index (χ0v) is 14.8. The molecule has 1 aromatic carbocycles. The van der Waals surface area contributed by atoms with Crippen molar-refractivity contribution in [3.63, 3.8) is 0 Å². The van der Waals surface area contributed by atoms with Gasteiger partial charge in [0.1, 0.15) is 12.1 Å². The van der Waals surface area contributed by atoms with E-state index < -0.39 is 0 Å². The van der Waals surface area contributed by atoms with Gasteiger partial charge in [-0.3, -0.25) is 9.59 Å². The average Bonchev–Trinajstić information content (AvgIpc) is 2.67. The number of benzene rings is 1. The number of rotatable bonds is 7. The van der Waals surface area contributed by atoms with E-state index in [1.165, 1.54) is 12.5 Å². The van der Waals surface area contributed by atoms with Gasteiger partial charge in [-0.2, -0.15) is 0 Å². The highest BCUT2D eigenvalue weighted by Gasteiger charge is 2.18. The zero-order valence-electron chi connectivity index (χ0n) is 14.8. The molecule has 0 bridgehead atoms. The van der Waals surface area contributed by atoms with Gasteiger partial charge in [-0.1, -0.05) is 12.6 Å². The van der Waals surface area contributed by atoms with Gasteiger partial charge in [-0.15, -0.1) is 0 Å². The number of anilines is 2. The Labute approximate surface area is 156 Å². The highest BCUT2D eigenvalue weighted by atomic mass is 16.5. The normalized spacial score (nSPS) is 12.4. The predicted octanol–water partition coefficient (Wildman–Crippen LogP) is 1.01. The third kappa shape index (κ3) is 4.21. The third-order valence-electron chi connectivity index (χ3n) is 3.86. The first-order valence-electron chi connectivity index (χ1n) is 8.32. The third-order valence-corrected chi connectivity index (χ3v) is 3.86. The first kappa shape index (κ1) is 18.3. The first-order chi connectivity index (χ1) is 13.1. The van der Waals surface area contributed by atoms with Gasteiger partial charge in [0.15, 0.2) is 12.3 Å². The minimum atomic E-state index is -0.350. The van der Waals surface area contributed by atoms with Crippen molar-refractivity contribution in [2.45, 2.75) is 13.1 Å². The number of nitrogens with zero attached hydrogens (tertiary/aromatic N) is 2. The van der Waals surface area contributed by atoms with Crippen LogP contribution in [0.25, 0.3) is 0 Å². The van der Waals surface area contributed by atoms with Crippen LogP contribution in [0.15, 0.2) is 37.3 Å². The summed E-state index contributed by atoms with van der Waals surface area (Å²) < 4.78 is 5.32. The Morgan fingerprint density at radius 2 is 2.22 bits per heavy atom. The molecule has 4 N–H and O–H groups in total. The van der Waals surface area contributed by atoms with E-state index in [1.54, 1.807) is 19.2 Å². The zero-order chi connectivity index (χ0) is 19.2. The SMILES string of the molecule is C=CNc1c(CNC)ncnc1C(=O)NCc1ccc2c(c1)NC(=O)CO2. The fourth-order valence-corrected chi connectivity index (χ4v) is 2.66. The number of ether oxygens (including phenoxy) is 1. The Morgan fingerprint density at radius 1 is 1.37 bits per heavy atom. The van der Waals surface area contributed by atoms with Crippen molar-refractivity contribution in [2.75, 3.05) is 24.3 Å². The smallest absolute Gasteiger partial charge is 0.272 e. The van der Waals surface area contributed by atoms with Crippen molar-refractivity contribution in [3.8, 4) is 5.75 Å². The molecule has 9 heteroatoms. The Hall–Kier alpha value is -3.46. The van der Waals surface area contributed by atoms with Crippen LogP contribution in [0.3, 0.4) is 0 Å². The second-order valence-corrected chi connectivity index (χ2v) is 5.77. The maximum absolute atomic E-state index is 12.6. The first-order valence-corrected chi connectivity index (χ1v) is 8.32. The van der Waals surface area contributed by atoms with Crippen molar-refractivity contribution in [3.05, 3.63) is 54.3 Å². The van der Waals surface area contributed by atoms with Crippen LogP contribution in [0, 0.1) is 0 Å². The largest absolute Gasteiger partial charge is 0.482 e. The van der Waals surface area contributed by atoms with Gasteiger partial charge in [0.25, 0.3) is 11.8 Å². The highest BCUT2D eigenvalue weighted by Crippen LogP contribution is 2.28. The number of carbonyl (C=O) groups is 2. The molecule has 2 aromatic rings. The molecule has 1 aliphatic heterocycles. The van der Waals surface area contributed by atoms with E-state index in [0.717, 1.165) is 5.56 Å². The fraction of sp³-hybridized carbons (Fsp3) is 0.222. The van der Waals surface area contributed by atoms with Crippen molar-refractivity contribution in [2.24, 2.45) is 0 Å². The monoisotopic (exact) mass is 368 g/mol. The summed E-state index contributed by atoms with van der Waals surface area (Å²) in [6.45, 7) is 4.38. The Kier molecular flexibility index (Phi) is 5.62. The summed E-state index contributed by atoms with van der Waals surface area (Å²) in [5, 5.41) is 11.5. The second-order valence-electron chi connectivity index (χ2n) is 5.77. The summed E-state index contributed by atoms with van der Waals surface area (Å²) >= 11 is 0. The number of carbonyl (C=O) groups excluding carboxylic acids is 2. The van der Waals surface area contributed by atoms with Crippen molar-refractivity contribution in [1.82, 2.24) is 20.6 Å². The molecular weight excluding hydrogens is 348 g/mol. The molecule has 140 valence electrons. The number of amides is 2. The minimum absolute atomic E-state index is 0.00479. The van der Waals surface area contributed by atoms with E-state index in [1.807, 2.05) is 6.07 Å². The molecule has 2 amide bonds. The van der Waals surface area contributed by atoms with Crippen LogP contribution in [0.2, 0.25) is 0 Å². The molecule has 27 heavy (non-hydrogen) atoms. The molecule has 0 aliphatic carbocycles. The van der Waals surface area contributed by atoms with E-state index >= 15 is 0 Å². The summed E-state index contributed by atoms with van der Waals surface area (Å²) in [4.78, 5) is 32.3. The fourth-order valence-electron chi connectivity index (χ4n) is 2.66. The van der Waals surface area contributed by atoms with Crippen LogP contribution in [0.4, 0.5) is 11.4 Å². The number of nitrogens with one attached hydrogen (secondary N) is 4. The molecule has 0 spiro atoms. The van der Waals surface area contributed by atoms with E-state index in [-0.39, 0.29) is 30.7 Å². The van der Waals surface area contributed by atoms with Gasteiger partial charge in [-0.05, 0) is 30.9 Å². The molecule has 0 fully saturated rings. The Bertz CT molecular complexity index is 883. The lowest BCUT2D eigenvalue weighted by Gasteiger charge is -2.18. The predicted molar refractivity (Wildman–Crippen MR) is 100 cm³/mol. The van der Waals surface area contributed by atoms with E-state index in [2.05, 4.69) is 37.8 Å². The summed E-state index contributed by atoms with van der Waals surface area (Å²) in [6.07, 6.45) is 2.82. The van der Waals surface area contributed by atoms with Crippen LogP contribution < -0.4 is 26.0 Å². The van der Waals surface area contributed by atoms with Crippen LogP contribution in [-0.4, -0.2) is 35.4 Å². The molecule has 0 saturated carbocycles. The van der Waals surface area contributed by atoms with Gasteiger partial charge >= 0.3 is 0 Å². The lowest BCUT2D eigenvalue weighted by atomic mass is 10.1. The molecule has 0 radical (unpaired) electrons. The highest BCUT2D eigenvalue weighted by molar-refractivity contribution is 5.98. The molecule has 0 atom stereocenters. The van der Waals surface area contributed by atoms with Gasteiger partial charge in [0.05, 0.1) is 17.1 Å². The molecule has 0 unspecified atom stereocenters. The van der Waals surface area contributed by atoms with Gasteiger partial charge in [0, 0.05) is 13.1 Å². The van der Waals surface area contributed by atoms with Crippen LogP contribution in [0.5, 0.6) is 5.75 Å². The van der Waals surface area contributed by atoms with Crippen LogP contribution in [0.1, 0.15) is 21.7 Å². The molecule has 1 aliphatic rings.